The van der Waals surface area contributed by atoms with Crippen LogP contribution in [0, 0.1) is 0 Å². The van der Waals surface area contributed by atoms with E-state index >= 15 is 0 Å². The van der Waals surface area contributed by atoms with Gasteiger partial charge in [-0.05, 0) is 6.07 Å². The van der Waals surface area contributed by atoms with Crippen LogP contribution in [0.2, 0.25) is 0 Å². The van der Waals surface area contributed by atoms with Crippen molar-refractivity contribution in [3.63, 3.8) is 0 Å². The van der Waals surface area contributed by atoms with Crippen molar-refractivity contribution in [3.05, 3.63) is 29.8 Å². The minimum absolute atomic E-state index is 0.146. The molecule has 1 aromatic rings. The van der Waals surface area contributed by atoms with E-state index < -0.39 is 0 Å². The van der Waals surface area contributed by atoms with E-state index in [1.807, 2.05) is 23.1 Å². The van der Waals surface area contributed by atoms with Crippen LogP contribution in [0.15, 0.2) is 29.3 Å². The van der Waals surface area contributed by atoms with Crippen molar-refractivity contribution in [3.8, 4) is 5.75 Å². The second-order valence-electron chi connectivity index (χ2n) is 6.49. The molecule has 1 unspecified atom stereocenters. The molecule has 1 fully saturated rings. The SMILES string of the molecule is CC(=O)N1CCN(CCN=C(N)NC2CCOc3ccccc32)CC1. The Morgan fingerprint density at radius 2 is 2.08 bits per heavy atom. The number of benzene rings is 1. The normalized spacial score (nSPS) is 21.4. The lowest BCUT2D eigenvalue weighted by Crippen LogP contribution is -2.48. The van der Waals surface area contributed by atoms with Crippen LogP contribution in [0.4, 0.5) is 0 Å². The van der Waals surface area contributed by atoms with Crippen molar-refractivity contribution in [1.29, 1.82) is 0 Å². The number of hydrogen-bond donors (Lipinski definition) is 2. The molecule has 1 amide bonds. The fourth-order valence-corrected chi connectivity index (χ4v) is 3.31. The molecule has 7 heteroatoms. The van der Waals surface area contributed by atoms with Crippen LogP contribution in [-0.4, -0.2) is 67.5 Å². The highest BCUT2D eigenvalue weighted by Crippen LogP contribution is 2.31. The zero-order chi connectivity index (χ0) is 17.6. The molecule has 2 aliphatic heterocycles. The lowest BCUT2D eigenvalue weighted by atomic mass is 10.0. The minimum Gasteiger partial charge on any atom is -0.493 e. The van der Waals surface area contributed by atoms with Crippen LogP contribution in [0.5, 0.6) is 5.75 Å². The number of carbonyl (C=O) groups excluding carboxylic acids is 1. The van der Waals surface area contributed by atoms with Crippen LogP contribution in [0.25, 0.3) is 0 Å². The maximum Gasteiger partial charge on any atom is 0.219 e. The molecule has 0 saturated carbocycles. The highest BCUT2D eigenvalue weighted by atomic mass is 16.5. The van der Waals surface area contributed by atoms with Gasteiger partial charge in [0.1, 0.15) is 5.75 Å². The first-order valence-electron chi connectivity index (χ1n) is 8.89. The smallest absolute Gasteiger partial charge is 0.219 e. The summed E-state index contributed by atoms with van der Waals surface area (Å²) >= 11 is 0. The van der Waals surface area contributed by atoms with Crippen LogP contribution < -0.4 is 15.8 Å². The average molecular weight is 345 g/mol. The van der Waals surface area contributed by atoms with E-state index in [9.17, 15) is 4.79 Å². The number of para-hydroxylation sites is 1. The van der Waals surface area contributed by atoms with Crippen molar-refractivity contribution >= 4 is 11.9 Å². The molecular formula is C18H27N5O2. The Labute approximate surface area is 148 Å². The predicted molar refractivity (Wildman–Crippen MR) is 97.6 cm³/mol. The van der Waals surface area contributed by atoms with Crippen molar-refractivity contribution in [2.24, 2.45) is 10.7 Å². The Hall–Kier alpha value is -2.28. The molecule has 3 rings (SSSR count). The quantitative estimate of drug-likeness (QED) is 0.616. The van der Waals surface area contributed by atoms with E-state index in [4.69, 9.17) is 10.5 Å². The molecule has 1 aromatic carbocycles. The maximum atomic E-state index is 11.3. The second kappa shape index (κ2) is 8.20. The molecule has 1 saturated heterocycles. The number of nitrogens with two attached hydrogens (primary N) is 1. The maximum absolute atomic E-state index is 11.3. The summed E-state index contributed by atoms with van der Waals surface area (Å²) < 4.78 is 5.67. The van der Waals surface area contributed by atoms with Gasteiger partial charge in [-0.2, -0.15) is 0 Å². The number of carbonyl (C=O) groups is 1. The Morgan fingerprint density at radius 3 is 2.84 bits per heavy atom. The molecular weight excluding hydrogens is 318 g/mol. The van der Waals surface area contributed by atoms with Gasteiger partial charge in [0.2, 0.25) is 5.91 Å². The fourth-order valence-electron chi connectivity index (χ4n) is 3.31. The van der Waals surface area contributed by atoms with Gasteiger partial charge < -0.3 is 20.7 Å². The molecule has 0 aliphatic carbocycles. The predicted octanol–water partition coefficient (Wildman–Crippen LogP) is 0.579. The van der Waals surface area contributed by atoms with E-state index in [0.717, 1.165) is 50.5 Å². The number of nitrogens with one attached hydrogen (secondary N) is 1. The number of ether oxygens (including phenoxy) is 1. The van der Waals surface area contributed by atoms with E-state index in [0.29, 0.717) is 19.1 Å². The fraction of sp³-hybridized carbons (Fsp3) is 0.556. The molecule has 3 N–H and O–H groups in total. The molecule has 0 radical (unpaired) electrons. The van der Waals surface area contributed by atoms with E-state index in [1.165, 1.54) is 0 Å². The van der Waals surface area contributed by atoms with E-state index in [2.05, 4.69) is 21.3 Å². The largest absolute Gasteiger partial charge is 0.493 e. The first-order valence-corrected chi connectivity index (χ1v) is 8.89. The third-order valence-corrected chi connectivity index (χ3v) is 4.80. The summed E-state index contributed by atoms with van der Waals surface area (Å²) in [4.78, 5) is 20.0. The summed E-state index contributed by atoms with van der Waals surface area (Å²) in [5, 5.41) is 3.31. The summed E-state index contributed by atoms with van der Waals surface area (Å²) in [5.41, 5.74) is 7.20. The Morgan fingerprint density at radius 1 is 1.32 bits per heavy atom. The highest BCUT2D eigenvalue weighted by molar-refractivity contribution is 5.78. The second-order valence-corrected chi connectivity index (χ2v) is 6.49. The Balaban J connectivity index is 1.45. The Kier molecular flexibility index (Phi) is 5.75. The van der Waals surface area contributed by atoms with Gasteiger partial charge in [-0.3, -0.25) is 14.7 Å². The molecule has 2 heterocycles. The number of amides is 1. The van der Waals surface area contributed by atoms with Gasteiger partial charge in [0.15, 0.2) is 5.96 Å². The molecule has 2 aliphatic rings. The number of piperazine rings is 1. The standard InChI is InChI=1S/C18H27N5O2/c1-14(24)23-11-9-22(10-12-23)8-7-20-18(19)21-16-6-13-25-17-5-3-2-4-15(16)17/h2-5,16H,6-13H2,1H3,(H3,19,20,21). The third-order valence-electron chi connectivity index (χ3n) is 4.80. The van der Waals surface area contributed by atoms with Gasteiger partial charge >= 0.3 is 0 Å². The van der Waals surface area contributed by atoms with Crippen molar-refractivity contribution in [2.45, 2.75) is 19.4 Å². The van der Waals surface area contributed by atoms with Crippen molar-refractivity contribution in [1.82, 2.24) is 15.1 Å². The van der Waals surface area contributed by atoms with E-state index in [1.54, 1.807) is 6.92 Å². The van der Waals surface area contributed by atoms with Crippen LogP contribution in [-0.2, 0) is 4.79 Å². The summed E-state index contributed by atoms with van der Waals surface area (Å²) in [5.74, 6) is 1.55. The van der Waals surface area contributed by atoms with Gasteiger partial charge in [-0.15, -0.1) is 0 Å². The third kappa shape index (κ3) is 4.63. The van der Waals surface area contributed by atoms with Crippen molar-refractivity contribution in [2.75, 3.05) is 45.9 Å². The molecule has 25 heavy (non-hydrogen) atoms. The molecule has 0 spiro atoms. The first kappa shape index (κ1) is 17.5. The molecule has 136 valence electrons. The zero-order valence-electron chi connectivity index (χ0n) is 14.8. The first-order chi connectivity index (χ1) is 12.1. The summed E-state index contributed by atoms with van der Waals surface area (Å²) in [6.07, 6.45) is 0.875. The lowest BCUT2D eigenvalue weighted by molar-refractivity contribution is -0.130. The lowest BCUT2D eigenvalue weighted by Gasteiger charge is -2.33. The highest BCUT2D eigenvalue weighted by Gasteiger charge is 2.21. The number of rotatable bonds is 4. The number of nitrogens with zero attached hydrogens (tertiary/aromatic N) is 3. The number of hydrogen-bond acceptors (Lipinski definition) is 4. The van der Waals surface area contributed by atoms with Gasteiger partial charge in [0.25, 0.3) is 0 Å². The van der Waals surface area contributed by atoms with Crippen molar-refractivity contribution < 1.29 is 9.53 Å². The van der Waals surface area contributed by atoms with Crippen LogP contribution in [0.1, 0.15) is 24.9 Å². The molecule has 7 nitrogen and oxygen atoms in total. The zero-order valence-corrected chi connectivity index (χ0v) is 14.8. The van der Waals surface area contributed by atoms with Gasteiger partial charge in [-0.1, -0.05) is 18.2 Å². The molecule has 1 atom stereocenters. The molecule has 0 aromatic heterocycles. The summed E-state index contributed by atoms with van der Waals surface area (Å²) in [7, 11) is 0. The number of guanidine groups is 1. The van der Waals surface area contributed by atoms with Crippen LogP contribution >= 0.6 is 0 Å². The number of aliphatic imine (C=N–C) groups is 1. The Bertz CT molecular complexity index is 626. The van der Waals surface area contributed by atoms with Crippen LogP contribution in [0.3, 0.4) is 0 Å². The van der Waals surface area contributed by atoms with Gasteiger partial charge in [0, 0.05) is 51.6 Å². The molecule has 0 bridgehead atoms. The van der Waals surface area contributed by atoms with Gasteiger partial charge in [-0.25, -0.2) is 0 Å². The monoisotopic (exact) mass is 345 g/mol. The average Bonchev–Trinajstić information content (AvgIpc) is 2.62. The van der Waals surface area contributed by atoms with Gasteiger partial charge in [0.05, 0.1) is 19.2 Å². The topological polar surface area (TPSA) is 83.2 Å². The minimum atomic E-state index is 0.146. The summed E-state index contributed by atoms with van der Waals surface area (Å²) in [6, 6.07) is 8.18. The number of fused-ring (bicyclic) bond motifs is 1. The van der Waals surface area contributed by atoms with E-state index in [-0.39, 0.29) is 11.9 Å². The summed E-state index contributed by atoms with van der Waals surface area (Å²) in [6.45, 7) is 7.22.